The molecule has 0 spiro atoms. The lowest BCUT2D eigenvalue weighted by Crippen LogP contribution is -2.28. The lowest BCUT2D eigenvalue weighted by Gasteiger charge is -2.23. The van der Waals surface area contributed by atoms with Gasteiger partial charge in [-0.15, -0.1) is 6.58 Å². The van der Waals surface area contributed by atoms with Crippen molar-refractivity contribution < 1.29 is 14.6 Å². The van der Waals surface area contributed by atoms with Gasteiger partial charge in [0, 0.05) is 32.5 Å². The van der Waals surface area contributed by atoms with Crippen molar-refractivity contribution in [2.75, 3.05) is 31.7 Å². The quantitative estimate of drug-likeness (QED) is 0.582. The van der Waals surface area contributed by atoms with Crippen LogP contribution in [0.2, 0.25) is 0 Å². The zero-order valence-corrected chi connectivity index (χ0v) is 11.9. The first-order chi connectivity index (χ1) is 9.58. The van der Waals surface area contributed by atoms with E-state index in [1.807, 2.05) is 19.1 Å². The molecule has 5 nitrogen and oxygen atoms in total. The molecule has 0 fully saturated rings. The molecule has 20 heavy (non-hydrogen) atoms. The highest BCUT2D eigenvalue weighted by Gasteiger charge is 2.09. The number of rotatable bonds is 8. The van der Waals surface area contributed by atoms with Crippen molar-refractivity contribution >= 4 is 17.9 Å². The first-order valence-corrected chi connectivity index (χ1v) is 6.31. The fraction of sp³-hybridized carbons (Fsp3) is 0.333. The van der Waals surface area contributed by atoms with Gasteiger partial charge in [0.05, 0.1) is 6.61 Å². The number of carboxylic acid groups (broad SMARTS) is 1. The number of carboxylic acids is 1. The predicted octanol–water partition coefficient (Wildman–Crippen LogP) is 2.13. The number of pyridine rings is 1. The molecule has 108 valence electrons. The summed E-state index contributed by atoms with van der Waals surface area (Å²) in [6, 6.07) is 1.91. The molecule has 1 rings (SSSR count). The molecule has 1 aromatic heterocycles. The Kier molecular flexibility index (Phi) is 6.46. The van der Waals surface area contributed by atoms with Crippen molar-refractivity contribution in [3.8, 4) is 0 Å². The molecule has 1 heterocycles. The molecule has 1 aromatic rings. The third-order valence-electron chi connectivity index (χ3n) is 2.70. The molecule has 0 atom stereocenters. The van der Waals surface area contributed by atoms with Crippen molar-refractivity contribution in [3.05, 3.63) is 42.1 Å². The van der Waals surface area contributed by atoms with E-state index in [1.165, 1.54) is 6.08 Å². The molecule has 0 amide bonds. The molecule has 1 N–H and O–H groups in total. The maximum atomic E-state index is 10.5. The predicted molar refractivity (Wildman–Crippen MR) is 79.9 cm³/mol. The van der Waals surface area contributed by atoms with Gasteiger partial charge in [-0.2, -0.15) is 0 Å². The summed E-state index contributed by atoms with van der Waals surface area (Å²) in [6.07, 6.45) is 6.10. The number of carbonyl (C=O) groups is 1. The summed E-state index contributed by atoms with van der Waals surface area (Å²) < 4.78 is 5.09. The van der Waals surface area contributed by atoms with Gasteiger partial charge < -0.3 is 14.7 Å². The molecule has 0 unspecified atom stereocenters. The van der Waals surface area contributed by atoms with E-state index in [9.17, 15) is 4.79 Å². The minimum absolute atomic E-state index is 0.607. The zero-order chi connectivity index (χ0) is 15.0. The van der Waals surface area contributed by atoms with Gasteiger partial charge in [-0.1, -0.05) is 6.08 Å². The number of ether oxygens (including phenoxy) is 1. The summed E-state index contributed by atoms with van der Waals surface area (Å²) in [6.45, 7) is 7.70. The molecular weight excluding hydrogens is 256 g/mol. The summed E-state index contributed by atoms with van der Waals surface area (Å²) in [4.78, 5) is 17.0. The standard InChI is InChI=1S/C15H20N2O3/c1-4-7-17(8-9-20-3)15-12(2)10-13(11-16-15)5-6-14(18)19/h4-6,10-11H,1,7-9H2,2-3H3,(H,18,19)/b6-5+. The summed E-state index contributed by atoms with van der Waals surface area (Å²) in [5, 5.41) is 8.61. The maximum absolute atomic E-state index is 10.5. The number of nitrogens with zero attached hydrogens (tertiary/aromatic N) is 2. The van der Waals surface area contributed by atoms with Crippen LogP contribution in [0.5, 0.6) is 0 Å². The Morgan fingerprint density at radius 3 is 2.90 bits per heavy atom. The van der Waals surface area contributed by atoms with Crippen LogP contribution in [0.25, 0.3) is 6.08 Å². The lowest BCUT2D eigenvalue weighted by atomic mass is 10.2. The normalized spacial score (nSPS) is 10.7. The largest absolute Gasteiger partial charge is 0.478 e. The summed E-state index contributed by atoms with van der Waals surface area (Å²) in [5.41, 5.74) is 1.74. The van der Waals surface area contributed by atoms with Crippen molar-refractivity contribution in [3.63, 3.8) is 0 Å². The minimum atomic E-state index is -0.972. The van der Waals surface area contributed by atoms with E-state index in [0.717, 1.165) is 29.6 Å². The van der Waals surface area contributed by atoms with E-state index < -0.39 is 5.97 Å². The molecule has 0 aliphatic carbocycles. The first kappa shape index (κ1) is 15.9. The van der Waals surface area contributed by atoms with E-state index >= 15 is 0 Å². The highest BCUT2D eigenvalue weighted by Crippen LogP contribution is 2.18. The average molecular weight is 276 g/mol. The monoisotopic (exact) mass is 276 g/mol. The fourth-order valence-corrected chi connectivity index (χ4v) is 1.82. The number of aromatic nitrogens is 1. The number of hydrogen-bond donors (Lipinski definition) is 1. The Balaban J connectivity index is 2.93. The highest BCUT2D eigenvalue weighted by atomic mass is 16.5. The number of aryl methyl sites for hydroxylation is 1. The average Bonchev–Trinajstić information content (AvgIpc) is 2.41. The van der Waals surface area contributed by atoms with Crippen LogP contribution in [0.4, 0.5) is 5.82 Å². The van der Waals surface area contributed by atoms with Crippen LogP contribution in [0.3, 0.4) is 0 Å². The Morgan fingerprint density at radius 1 is 1.60 bits per heavy atom. The van der Waals surface area contributed by atoms with Crippen LogP contribution in [-0.2, 0) is 9.53 Å². The van der Waals surface area contributed by atoms with Gasteiger partial charge >= 0.3 is 5.97 Å². The van der Waals surface area contributed by atoms with Gasteiger partial charge in [0.1, 0.15) is 5.82 Å². The van der Waals surface area contributed by atoms with Crippen molar-refractivity contribution in [1.29, 1.82) is 0 Å². The molecule has 0 aliphatic heterocycles. The second-order valence-corrected chi connectivity index (χ2v) is 4.31. The molecule has 0 bridgehead atoms. The maximum Gasteiger partial charge on any atom is 0.328 e. The van der Waals surface area contributed by atoms with Crippen molar-refractivity contribution in [2.24, 2.45) is 0 Å². The van der Waals surface area contributed by atoms with E-state index in [-0.39, 0.29) is 0 Å². The smallest absolute Gasteiger partial charge is 0.328 e. The Labute approximate surface area is 119 Å². The summed E-state index contributed by atoms with van der Waals surface area (Å²) in [5.74, 6) is -0.116. The second-order valence-electron chi connectivity index (χ2n) is 4.31. The molecule has 0 saturated heterocycles. The summed E-state index contributed by atoms with van der Waals surface area (Å²) in [7, 11) is 1.66. The Hall–Kier alpha value is -2.14. The Morgan fingerprint density at radius 2 is 2.35 bits per heavy atom. The molecule has 0 saturated carbocycles. The van der Waals surface area contributed by atoms with Crippen LogP contribution in [0.1, 0.15) is 11.1 Å². The van der Waals surface area contributed by atoms with Crippen LogP contribution in [0.15, 0.2) is 31.0 Å². The fourth-order valence-electron chi connectivity index (χ4n) is 1.82. The first-order valence-electron chi connectivity index (χ1n) is 6.31. The van der Waals surface area contributed by atoms with Crippen LogP contribution in [-0.4, -0.2) is 42.9 Å². The SMILES string of the molecule is C=CCN(CCOC)c1ncc(/C=C/C(=O)O)cc1C. The van der Waals surface area contributed by atoms with Crippen molar-refractivity contribution in [1.82, 2.24) is 4.98 Å². The molecule has 5 heteroatoms. The van der Waals surface area contributed by atoms with Gasteiger partial charge in [0.25, 0.3) is 0 Å². The van der Waals surface area contributed by atoms with E-state index in [1.54, 1.807) is 13.3 Å². The third-order valence-corrected chi connectivity index (χ3v) is 2.70. The van der Waals surface area contributed by atoms with E-state index in [4.69, 9.17) is 9.84 Å². The van der Waals surface area contributed by atoms with Gasteiger partial charge in [-0.05, 0) is 30.2 Å². The van der Waals surface area contributed by atoms with Gasteiger partial charge in [0.2, 0.25) is 0 Å². The number of anilines is 1. The lowest BCUT2D eigenvalue weighted by molar-refractivity contribution is -0.131. The molecule has 0 radical (unpaired) electrons. The number of methoxy groups -OCH3 is 1. The van der Waals surface area contributed by atoms with Crippen molar-refractivity contribution in [2.45, 2.75) is 6.92 Å². The summed E-state index contributed by atoms with van der Waals surface area (Å²) >= 11 is 0. The number of aliphatic carboxylic acids is 1. The third kappa shape index (κ3) is 4.85. The van der Waals surface area contributed by atoms with Crippen LogP contribution in [0, 0.1) is 6.92 Å². The second kappa shape index (κ2) is 8.12. The number of hydrogen-bond acceptors (Lipinski definition) is 4. The van der Waals surface area contributed by atoms with Gasteiger partial charge in [-0.3, -0.25) is 0 Å². The minimum Gasteiger partial charge on any atom is -0.478 e. The topological polar surface area (TPSA) is 62.7 Å². The van der Waals surface area contributed by atoms with Gasteiger partial charge in [0.15, 0.2) is 0 Å². The van der Waals surface area contributed by atoms with Crippen LogP contribution >= 0.6 is 0 Å². The molecule has 0 aliphatic rings. The highest BCUT2D eigenvalue weighted by molar-refractivity contribution is 5.85. The van der Waals surface area contributed by atoms with E-state index in [2.05, 4.69) is 16.5 Å². The van der Waals surface area contributed by atoms with Gasteiger partial charge in [-0.25, -0.2) is 9.78 Å². The molecule has 0 aromatic carbocycles. The Bertz CT molecular complexity index is 498. The van der Waals surface area contributed by atoms with E-state index in [0.29, 0.717) is 13.2 Å². The molecular formula is C15H20N2O3. The zero-order valence-electron chi connectivity index (χ0n) is 11.9. The van der Waals surface area contributed by atoms with Crippen LogP contribution < -0.4 is 4.90 Å².